The second kappa shape index (κ2) is 5.53. The molecule has 2 nitrogen and oxygen atoms in total. The molecule has 0 fully saturated rings. The highest BCUT2D eigenvalue weighted by Gasteiger charge is 2.16. The maximum atomic E-state index is 6.08. The molecule has 0 saturated carbocycles. The van der Waals surface area contributed by atoms with Crippen LogP contribution in [0.2, 0.25) is 5.02 Å². The number of hydrogen-bond acceptors (Lipinski definition) is 2. The summed E-state index contributed by atoms with van der Waals surface area (Å²) in [6.07, 6.45) is 0. The Labute approximate surface area is 113 Å². The molecule has 0 aliphatic heterocycles. The summed E-state index contributed by atoms with van der Waals surface area (Å²) in [6, 6.07) is 14.0. The van der Waals surface area contributed by atoms with E-state index in [1.54, 1.807) is 0 Å². The number of benzene rings is 2. The Morgan fingerprint density at radius 3 is 2.33 bits per heavy atom. The molecule has 1 unspecified atom stereocenters. The zero-order valence-corrected chi connectivity index (χ0v) is 11.3. The Balaban J connectivity index is 2.52. The van der Waals surface area contributed by atoms with Gasteiger partial charge in [0.2, 0.25) is 0 Å². The summed E-state index contributed by atoms with van der Waals surface area (Å²) in [4.78, 5) is 0. The van der Waals surface area contributed by atoms with Crippen molar-refractivity contribution in [1.29, 1.82) is 0 Å². The lowest BCUT2D eigenvalue weighted by Crippen LogP contribution is -2.29. The maximum absolute atomic E-state index is 6.08. The van der Waals surface area contributed by atoms with E-state index in [0.29, 0.717) is 0 Å². The van der Waals surface area contributed by atoms with Crippen LogP contribution >= 0.6 is 11.6 Å². The zero-order chi connectivity index (χ0) is 13.1. The monoisotopic (exact) mass is 260 g/mol. The molecule has 0 aliphatic carbocycles. The molecule has 18 heavy (non-hydrogen) atoms. The van der Waals surface area contributed by atoms with Crippen molar-refractivity contribution in [2.24, 2.45) is 5.84 Å². The van der Waals surface area contributed by atoms with Crippen LogP contribution in [0, 0.1) is 13.8 Å². The van der Waals surface area contributed by atoms with Crippen LogP contribution in [0.3, 0.4) is 0 Å². The van der Waals surface area contributed by atoms with E-state index in [-0.39, 0.29) is 6.04 Å². The van der Waals surface area contributed by atoms with Gasteiger partial charge in [-0.05, 0) is 48.2 Å². The Hall–Kier alpha value is -1.35. The molecule has 2 aromatic carbocycles. The fraction of sp³-hybridized carbons (Fsp3) is 0.200. The number of rotatable bonds is 3. The van der Waals surface area contributed by atoms with Crippen molar-refractivity contribution in [3.63, 3.8) is 0 Å². The molecular formula is C15H17ClN2. The van der Waals surface area contributed by atoms with Crippen molar-refractivity contribution in [3.8, 4) is 0 Å². The van der Waals surface area contributed by atoms with E-state index in [1.807, 2.05) is 30.3 Å². The highest BCUT2D eigenvalue weighted by atomic mass is 35.5. The second-order valence-corrected chi connectivity index (χ2v) is 4.89. The fourth-order valence-corrected chi connectivity index (χ4v) is 2.36. The minimum atomic E-state index is -0.0371. The minimum Gasteiger partial charge on any atom is -0.271 e. The van der Waals surface area contributed by atoms with Crippen LogP contribution in [0.15, 0.2) is 42.5 Å². The molecule has 0 aliphatic rings. The third-order valence-corrected chi connectivity index (χ3v) is 3.45. The van der Waals surface area contributed by atoms with Crippen LogP contribution in [0.5, 0.6) is 0 Å². The largest absolute Gasteiger partial charge is 0.271 e. The molecule has 94 valence electrons. The number of aryl methyl sites for hydroxylation is 2. The van der Waals surface area contributed by atoms with Crippen LogP contribution in [0.1, 0.15) is 28.3 Å². The van der Waals surface area contributed by atoms with E-state index in [0.717, 1.165) is 10.6 Å². The lowest BCUT2D eigenvalue weighted by Gasteiger charge is -2.21. The van der Waals surface area contributed by atoms with Gasteiger partial charge in [-0.3, -0.25) is 5.84 Å². The lowest BCUT2D eigenvalue weighted by molar-refractivity contribution is 0.630. The predicted octanol–water partition coefficient (Wildman–Crippen LogP) is 3.51. The Bertz CT molecular complexity index is 552. The number of hydrogen-bond donors (Lipinski definition) is 2. The van der Waals surface area contributed by atoms with Gasteiger partial charge in [0.05, 0.1) is 6.04 Å². The van der Waals surface area contributed by atoms with E-state index < -0.39 is 0 Å². The lowest BCUT2D eigenvalue weighted by atomic mass is 9.93. The number of nitrogens with one attached hydrogen (secondary N) is 1. The van der Waals surface area contributed by atoms with Gasteiger partial charge in [-0.15, -0.1) is 0 Å². The first kappa shape index (κ1) is 13.1. The standard InChI is InChI=1S/C15H17ClN2/c1-10-5-3-4-6-13(10)15(18-17)14-9-12(16)8-7-11(14)2/h3-9,15,18H,17H2,1-2H3. The van der Waals surface area contributed by atoms with Crippen molar-refractivity contribution in [1.82, 2.24) is 5.43 Å². The van der Waals surface area contributed by atoms with E-state index in [2.05, 4.69) is 31.4 Å². The topological polar surface area (TPSA) is 38.0 Å². The van der Waals surface area contributed by atoms with Gasteiger partial charge in [-0.25, -0.2) is 5.43 Å². The zero-order valence-electron chi connectivity index (χ0n) is 10.6. The van der Waals surface area contributed by atoms with Crippen LogP contribution in [0.25, 0.3) is 0 Å². The quantitative estimate of drug-likeness (QED) is 0.655. The van der Waals surface area contributed by atoms with E-state index in [4.69, 9.17) is 17.4 Å². The molecule has 0 radical (unpaired) electrons. The molecule has 3 N–H and O–H groups in total. The summed E-state index contributed by atoms with van der Waals surface area (Å²) in [6.45, 7) is 4.15. The molecule has 0 saturated heterocycles. The van der Waals surface area contributed by atoms with E-state index in [9.17, 15) is 0 Å². The van der Waals surface area contributed by atoms with Crippen LogP contribution in [0.4, 0.5) is 0 Å². The number of nitrogens with two attached hydrogens (primary N) is 1. The molecule has 1 atom stereocenters. The van der Waals surface area contributed by atoms with Gasteiger partial charge in [-0.2, -0.15) is 0 Å². The van der Waals surface area contributed by atoms with Crippen molar-refractivity contribution in [2.45, 2.75) is 19.9 Å². The van der Waals surface area contributed by atoms with Gasteiger partial charge in [-0.1, -0.05) is 41.9 Å². The molecule has 0 heterocycles. The first-order valence-electron chi connectivity index (χ1n) is 5.91. The number of hydrazine groups is 1. The average Bonchev–Trinajstić information content (AvgIpc) is 2.36. The SMILES string of the molecule is Cc1ccccc1C(NN)c1cc(Cl)ccc1C. The molecule has 3 heteroatoms. The molecule has 0 amide bonds. The third-order valence-electron chi connectivity index (χ3n) is 3.22. The molecule has 0 spiro atoms. The minimum absolute atomic E-state index is 0.0371. The van der Waals surface area contributed by atoms with Gasteiger partial charge in [0.15, 0.2) is 0 Å². The Morgan fingerprint density at radius 2 is 1.67 bits per heavy atom. The summed E-state index contributed by atoms with van der Waals surface area (Å²) < 4.78 is 0. The van der Waals surface area contributed by atoms with Gasteiger partial charge in [0.25, 0.3) is 0 Å². The second-order valence-electron chi connectivity index (χ2n) is 4.46. The van der Waals surface area contributed by atoms with Crippen molar-refractivity contribution < 1.29 is 0 Å². The third kappa shape index (κ3) is 2.56. The van der Waals surface area contributed by atoms with Gasteiger partial charge >= 0.3 is 0 Å². The van der Waals surface area contributed by atoms with E-state index >= 15 is 0 Å². The maximum Gasteiger partial charge on any atom is 0.0715 e. The fourth-order valence-electron chi connectivity index (χ4n) is 2.18. The van der Waals surface area contributed by atoms with Gasteiger partial charge in [0, 0.05) is 5.02 Å². The summed E-state index contributed by atoms with van der Waals surface area (Å²) in [5.41, 5.74) is 7.55. The molecule has 0 aromatic heterocycles. The van der Waals surface area contributed by atoms with Gasteiger partial charge < -0.3 is 0 Å². The molecular weight excluding hydrogens is 244 g/mol. The Morgan fingerprint density at radius 1 is 1.00 bits per heavy atom. The van der Waals surface area contributed by atoms with Crippen LogP contribution in [-0.2, 0) is 0 Å². The molecule has 2 aromatic rings. The van der Waals surface area contributed by atoms with Crippen molar-refractivity contribution in [3.05, 3.63) is 69.7 Å². The summed E-state index contributed by atoms with van der Waals surface area (Å²) in [5.74, 6) is 5.73. The van der Waals surface area contributed by atoms with Crippen LogP contribution in [-0.4, -0.2) is 0 Å². The summed E-state index contributed by atoms with van der Waals surface area (Å²) in [5, 5.41) is 0.726. The normalized spacial score (nSPS) is 12.4. The van der Waals surface area contributed by atoms with Crippen molar-refractivity contribution >= 4 is 11.6 Å². The predicted molar refractivity (Wildman–Crippen MR) is 76.5 cm³/mol. The smallest absolute Gasteiger partial charge is 0.0715 e. The van der Waals surface area contributed by atoms with E-state index in [1.165, 1.54) is 16.7 Å². The highest BCUT2D eigenvalue weighted by Crippen LogP contribution is 2.28. The first-order chi connectivity index (χ1) is 8.63. The molecule has 2 rings (SSSR count). The van der Waals surface area contributed by atoms with Crippen molar-refractivity contribution in [2.75, 3.05) is 0 Å². The Kier molecular flexibility index (Phi) is 4.02. The first-order valence-corrected chi connectivity index (χ1v) is 6.29. The number of halogens is 1. The summed E-state index contributed by atoms with van der Waals surface area (Å²) in [7, 11) is 0. The highest BCUT2D eigenvalue weighted by molar-refractivity contribution is 6.30. The van der Waals surface area contributed by atoms with Gasteiger partial charge in [0.1, 0.15) is 0 Å². The average molecular weight is 261 g/mol. The van der Waals surface area contributed by atoms with Crippen LogP contribution < -0.4 is 11.3 Å². The molecule has 0 bridgehead atoms. The summed E-state index contributed by atoms with van der Waals surface area (Å²) >= 11 is 6.08.